The molecule has 2 unspecified atom stereocenters. The molecule has 190 valence electrons. The fourth-order valence-corrected chi connectivity index (χ4v) is 5.46. The van der Waals surface area contributed by atoms with Crippen molar-refractivity contribution in [3.8, 4) is 11.4 Å². The Hall–Kier alpha value is -3.96. The fraction of sp³-hybridized carbons (Fsp3) is 0.154. The van der Waals surface area contributed by atoms with Crippen LogP contribution in [0, 0.1) is 5.82 Å². The smallest absolute Gasteiger partial charge is 0.229 e. The van der Waals surface area contributed by atoms with E-state index in [1.807, 2.05) is 41.4 Å². The normalized spacial score (nSPS) is 17.5. The largest absolute Gasteiger partial charge is 0.494 e. The second-order valence-electron chi connectivity index (χ2n) is 8.51. The van der Waals surface area contributed by atoms with Crippen molar-refractivity contribution in [2.75, 3.05) is 23.0 Å². The van der Waals surface area contributed by atoms with Crippen LogP contribution in [0.5, 0.6) is 5.75 Å². The van der Waals surface area contributed by atoms with Crippen molar-refractivity contribution in [1.29, 1.82) is 0 Å². The van der Waals surface area contributed by atoms with Gasteiger partial charge in [-0.2, -0.15) is 0 Å². The molecule has 0 bridgehead atoms. The molecule has 0 radical (unpaired) electrons. The van der Waals surface area contributed by atoms with Crippen LogP contribution in [0.25, 0.3) is 5.69 Å². The van der Waals surface area contributed by atoms with E-state index in [0.29, 0.717) is 27.9 Å². The molecule has 2 aromatic carbocycles. The number of aromatic nitrogens is 2. The summed E-state index contributed by atoms with van der Waals surface area (Å²) in [6.07, 6.45) is 4.59. The van der Waals surface area contributed by atoms with Gasteiger partial charge >= 0.3 is 0 Å². The number of pyridine rings is 1. The van der Waals surface area contributed by atoms with E-state index < -0.39 is 16.1 Å². The van der Waals surface area contributed by atoms with E-state index in [2.05, 4.69) is 15.0 Å². The van der Waals surface area contributed by atoms with Gasteiger partial charge in [-0.15, -0.1) is 0 Å². The summed E-state index contributed by atoms with van der Waals surface area (Å²) >= 11 is 5.79. The lowest BCUT2D eigenvalue weighted by Crippen LogP contribution is -2.30. The molecule has 1 saturated heterocycles. The van der Waals surface area contributed by atoms with Gasteiger partial charge in [0, 0.05) is 29.8 Å². The minimum atomic E-state index is -3.51. The predicted molar refractivity (Wildman–Crippen MR) is 145 cm³/mol. The van der Waals surface area contributed by atoms with Gasteiger partial charge in [-0.3, -0.25) is 9.71 Å². The number of benzene rings is 2. The number of methoxy groups -OCH3 is 1. The molecular weight excluding hydrogens is 513 g/mol. The average Bonchev–Trinajstić information content (AvgIpc) is 3.48. The van der Waals surface area contributed by atoms with Crippen molar-refractivity contribution in [3.63, 3.8) is 0 Å². The van der Waals surface area contributed by atoms with Crippen molar-refractivity contribution in [3.05, 3.63) is 102 Å². The van der Waals surface area contributed by atoms with E-state index in [4.69, 9.17) is 17.0 Å². The van der Waals surface area contributed by atoms with Gasteiger partial charge in [0.2, 0.25) is 10.0 Å². The molecule has 8 nitrogen and oxygen atoms in total. The Morgan fingerprint density at radius 1 is 1.08 bits per heavy atom. The SMILES string of the molecule is COc1cc(N2C(=S)NC(c3ccccn3)C2c2cccn2-c2ccccc2F)ccc1NS(C)(=O)=O. The minimum Gasteiger partial charge on any atom is -0.494 e. The number of ether oxygens (including phenoxy) is 1. The van der Waals surface area contributed by atoms with Gasteiger partial charge in [0.05, 0.1) is 36.5 Å². The van der Waals surface area contributed by atoms with Gasteiger partial charge in [-0.1, -0.05) is 18.2 Å². The standard InChI is InChI=1S/C26H24FN5O3S2/c1-35-23-16-17(12-13-19(23)30-37(2,33)34)32-25(24(29-26(32)36)20-9-5-6-14-28-20)22-11-7-15-31(22)21-10-4-3-8-18(21)27/h3-16,24-25,30H,1-2H3,(H,29,36). The summed E-state index contributed by atoms with van der Waals surface area (Å²) in [5.74, 6) is -0.0254. The van der Waals surface area contributed by atoms with Crippen LogP contribution in [0.1, 0.15) is 23.5 Å². The maximum absolute atomic E-state index is 14.9. The van der Waals surface area contributed by atoms with Crippen LogP contribution >= 0.6 is 12.2 Å². The van der Waals surface area contributed by atoms with Crippen molar-refractivity contribution in [1.82, 2.24) is 14.9 Å². The van der Waals surface area contributed by atoms with Gasteiger partial charge < -0.3 is 19.5 Å². The highest BCUT2D eigenvalue weighted by Crippen LogP contribution is 2.44. The second-order valence-corrected chi connectivity index (χ2v) is 10.6. The molecule has 2 aromatic heterocycles. The van der Waals surface area contributed by atoms with Crippen LogP contribution in [0.4, 0.5) is 15.8 Å². The summed E-state index contributed by atoms with van der Waals surface area (Å²) in [5.41, 5.74) is 2.93. The first-order valence-electron chi connectivity index (χ1n) is 11.4. The fourth-order valence-electron chi connectivity index (χ4n) is 4.55. The first kappa shape index (κ1) is 24.7. The van der Waals surface area contributed by atoms with E-state index in [-0.39, 0.29) is 11.9 Å². The maximum atomic E-state index is 14.9. The van der Waals surface area contributed by atoms with E-state index in [0.717, 1.165) is 17.6 Å². The van der Waals surface area contributed by atoms with Crippen molar-refractivity contribution >= 4 is 38.7 Å². The number of anilines is 2. The summed E-state index contributed by atoms with van der Waals surface area (Å²) in [7, 11) is -2.05. The predicted octanol–water partition coefficient (Wildman–Crippen LogP) is 4.57. The number of thiocarbonyl (C=S) groups is 1. The quantitative estimate of drug-likeness (QED) is 0.334. The molecule has 0 amide bonds. The van der Waals surface area contributed by atoms with Crippen LogP contribution < -0.4 is 19.7 Å². The zero-order valence-electron chi connectivity index (χ0n) is 20.0. The molecule has 1 fully saturated rings. The molecule has 4 aromatic rings. The third kappa shape index (κ3) is 4.87. The molecule has 0 aliphatic carbocycles. The Balaban J connectivity index is 1.66. The number of hydrogen-bond donors (Lipinski definition) is 2. The van der Waals surface area contributed by atoms with Crippen LogP contribution in [0.2, 0.25) is 0 Å². The van der Waals surface area contributed by atoms with Gasteiger partial charge in [0.25, 0.3) is 0 Å². The summed E-state index contributed by atoms with van der Waals surface area (Å²) < 4.78 is 48.2. The van der Waals surface area contributed by atoms with Crippen molar-refractivity contribution < 1.29 is 17.5 Å². The molecule has 1 aliphatic heterocycles. The Morgan fingerprint density at radius 2 is 1.86 bits per heavy atom. The number of nitrogens with one attached hydrogen (secondary N) is 2. The monoisotopic (exact) mass is 537 g/mol. The summed E-state index contributed by atoms with van der Waals surface area (Å²) in [4.78, 5) is 6.47. The van der Waals surface area contributed by atoms with Gasteiger partial charge in [0.15, 0.2) is 5.11 Å². The highest BCUT2D eigenvalue weighted by molar-refractivity contribution is 7.92. The van der Waals surface area contributed by atoms with E-state index in [1.54, 1.807) is 47.2 Å². The topological polar surface area (TPSA) is 88.5 Å². The first-order valence-corrected chi connectivity index (χ1v) is 13.7. The Labute approximate surface area is 219 Å². The molecule has 37 heavy (non-hydrogen) atoms. The van der Waals surface area contributed by atoms with Crippen LogP contribution in [0.15, 0.2) is 85.2 Å². The van der Waals surface area contributed by atoms with E-state index in [9.17, 15) is 12.8 Å². The molecule has 0 spiro atoms. The second kappa shape index (κ2) is 9.83. The maximum Gasteiger partial charge on any atom is 0.229 e. The third-order valence-corrected chi connectivity index (χ3v) is 6.96. The minimum absolute atomic E-state index is 0.305. The number of hydrogen-bond acceptors (Lipinski definition) is 5. The molecule has 3 heterocycles. The molecule has 11 heteroatoms. The summed E-state index contributed by atoms with van der Waals surface area (Å²) in [5, 5.41) is 3.81. The highest BCUT2D eigenvalue weighted by Gasteiger charge is 2.42. The number of nitrogens with zero attached hydrogens (tertiary/aromatic N) is 3. The lowest BCUT2D eigenvalue weighted by molar-refractivity contribution is 0.417. The summed E-state index contributed by atoms with van der Waals surface area (Å²) in [6.45, 7) is 0. The molecular formula is C26H24FN5O3S2. The zero-order chi connectivity index (χ0) is 26.2. The molecule has 2 atom stereocenters. The van der Waals surface area contributed by atoms with Gasteiger partial charge in [-0.25, -0.2) is 12.8 Å². The van der Waals surface area contributed by atoms with E-state index in [1.165, 1.54) is 13.2 Å². The number of para-hydroxylation sites is 1. The highest BCUT2D eigenvalue weighted by atomic mass is 32.2. The Morgan fingerprint density at radius 3 is 2.57 bits per heavy atom. The van der Waals surface area contributed by atoms with E-state index >= 15 is 0 Å². The molecule has 0 saturated carbocycles. The first-order chi connectivity index (χ1) is 17.8. The lowest BCUT2D eigenvalue weighted by Gasteiger charge is -2.29. The lowest BCUT2D eigenvalue weighted by atomic mass is 10.0. The van der Waals surface area contributed by atoms with Crippen LogP contribution in [-0.2, 0) is 10.0 Å². The van der Waals surface area contributed by atoms with Gasteiger partial charge in [-0.05, 0) is 60.7 Å². The molecule has 2 N–H and O–H groups in total. The van der Waals surface area contributed by atoms with Crippen molar-refractivity contribution in [2.24, 2.45) is 0 Å². The number of sulfonamides is 1. The number of rotatable bonds is 7. The molecule has 5 rings (SSSR count). The molecule has 1 aliphatic rings. The zero-order valence-corrected chi connectivity index (χ0v) is 21.6. The Bertz CT molecular complexity index is 1560. The number of halogens is 1. The average molecular weight is 538 g/mol. The van der Waals surface area contributed by atoms with Crippen LogP contribution in [-0.4, -0.2) is 36.4 Å². The van der Waals surface area contributed by atoms with Crippen molar-refractivity contribution in [2.45, 2.75) is 12.1 Å². The Kier molecular flexibility index (Phi) is 6.57. The summed E-state index contributed by atoms with van der Waals surface area (Å²) in [6, 6.07) is 20.3. The third-order valence-electron chi connectivity index (χ3n) is 6.05. The van der Waals surface area contributed by atoms with Crippen LogP contribution in [0.3, 0.4) is 0 Å². The van der Waals surface area contributed by atoms with Gasteiger partial charge in [0.1, 0.15) is 17.6 Å².